The van der Waals surface area contributed by atoms with Crippen molar-refractivity contribution in [2.24, 2.45) is 0 Å². The summed E-state index contributed by atoms with van der Waals surface area (Å²) in [6, 6.07) is 6.61. The third-order valence-corrected chi connectivity index (χ3v) is 3.15. The smallest absolute Gasteiger partial charge is 0.0219 e. The molecular formula is C10H13NS. The molecule has 2 rings (SSSR count). The van der Waals surface area contributed by atoms with Crippen LogP contribution in [0.1, 0.15) is 11.1 Å². The number of rotatable bonds is 1. The van der Waals surface area contributed by atoms with Crippen LogP contribution in [0.4, 0.5) is 0 Å². The van der Waals surface area contributed by atoms with Gasteiger partial charge in [0.2, 0.25) is 0 Å². The van der Waals surface area contributed by atoms with Crippen LogP contribution in [-0.4, -0.2) is 12.8 Å². The van der Waals surface area contributed by atoms with E-state index in [0.717, 1.165) is 13.1 Å². The van der Waals surface area contributed by atoms with Gasteiger partial charge in [-0.2, -0.15) is 0 Å². The first-order valence-corrected chi connectivity index (χ1v) is 5.50. The van der Waals surface area contributed by atoms with Crippen LogP contribution in [0.3, 0.4) is 0 Å². The van der Waals surface area contributed by atoms with Gasteiger partial charge in [0.25, 0.3) is 0 Å². The number of fused-ring (bicyclic) bond motifs is 1. The molecule has 0 atom stereocenters. The normalized spacial score (nSPS) is 15.8. The Morgan fingerprint density at radius 2 is 2.33 bits per heavy atom. The Kier molecular flexibility index (Phi) is 2.38. The molecule has 64 valence electrons. The second-order valence-corrected chi connectivity index (χ2v) is 3.87. The summed E-state index contributed by atoms with van der Waals surface area (Å²) in [7, 11) is 0. The first-order valence-electron chi connectivity index (χ1n) is 4.27. The summed E-state index contributed by atoms with van der Waals surface area (Å²) in [6.07, 6.45) is 3.33. The molecular weight excluding hydrogens is 166 g/mol. The van der Waals surface area contributed by atoms with E-state index in [1.807, 2.05) is 11.8 Å². The lowest BCUT2D eigenvalue weighted by molar-refractivity contribution is 0.634. The summed E-state index contributed by atoms with van der Waals surface area (Å²) in [5, 5.41) is 3.40. The first kappa shape index (κ1) is 8.14. The van der Waals surface area contributed by atoms with Gasteiger partial charge >= 0.3 is 0 Å². The van der Waals surface area contributed by atoms with Crippen LogP contribution >= 0.6 is 11.8 Å². The molecule has 1 nitrogen and oxygen atoms in total. The monoisotopic (exact) mass is 179 g/mol. The van der Waals surface area contributed by atoms with Gasteiger partial charge in [0.1, 0.15) is 0 Å². The Morgan fingerprint density at radius 3 is 3.17 bits per heavy atom. The summed E-state index contributed by atoms with van der Waals surface area (Å²) in [5.41, 5.74) is 3.04. The van der Waals surface area contributed by atoms with E-state index >= 15 is 0 Å². The predicted octanol–water partition coefficient (Wildman–Crippen LogP) is 2.05. The number of hydrogen-bond acceptors (Lipinski definition) is 2. The minimum absolute atomic E-state index is 1.05. The lowest BCUT2D eigenvalue weighted by Gasteiger charge is -2.19. The maximum atomic E-state index is 3.40. The highest BCUT2D eigenvalue weighted by Gasteiger charge is 2.10. The van der Waals surface area contributed by atoms with Crippen molar-refractivity contribution >= 4 is 11.8 Å². The van der Waals surface area contributed by atoms with Crippen molar-refractivity contribution in [2.45, 2.75) is 17.9 Å². The zero-order chi connectivity index (χ0) is 8.39. The molecule has 0 aliphatic carbocycles. The Labute approximate surface area is 77.6 Å². The van der Waals surface area contributed by atoms with Gasteiger partial charge in [-0.25, -0.2) is 0 Å². The fourth-order valence-electron chi connectivity index (χ4n) is 1.67. The van der Waals surface area contributed by atoms with E-state index < -0.39 is 0 Å². The Bertz CT molecular complexity index is 269. The predicted molar refractivity (Wildman–Crippen MR) is 53.6 cm³/mol. The lowest BCUT2D eigenvalue weighted by Crippen LogP contribution is -2.23. The number of hydrogen-bond donors (Lipinski definition) is 1. The molecule has 0 spiro atoms. The van der Waals surface area contributed by atoms with Crippen LogP contribution in [0.15, 0.2) is 23.1 Å². The third-order valence-electron chi connectivity index (χ3n) is 2.32. The highest BCUT2D eigenvalue weighted by Crippen LogP contribution is 2.25. The van der Waals surface area contributed by atoms with Crippen molar-refractivity contribution in [3.63, 3.8) is 0 Å². The van der Waals surface area contributed by atoms with Gasteiger partial charge in [-0.05, 0) is 36.4 Å². The molecule has 12 heavy (non-hydrogen) atoms. The largest absolute Gasteiger partial charge is 0.312 e. The molecule has 1 N–H and O–H groups in total. The second kappa shape index (κ2) is 3.50. The second-order valence-electron chi connectivity index (χ2n) is 3.02. The topological polar surface area (TPSA) is 12.0 Å². The molecule has 0 bridgehead atoms. The summed E-state index contributed by atoms with van der Waals surface area (Å²) < 4.78 is 0. The molecule has 0 radical (unpaired) electrons. The fourth-order valence-corrected chi connectivity index (χ4v) is 2.34. The van der Waals surface area contributed by atoms with Gasteiger partial charge in [0, 0.05) is 11.4 Å². The van der Waals surface area contributed by atoms with E-state index in [4.69, 9.17) is 0 Å². The molecule has 2 heteroatoms. The van der Waals surface area contributed by atoms with E-state index in [1.165, 1.54) is 22.4 Å². The summed E-state index contributed by atoms with van der Waals surface area (Å²) in [5.74, 6) is 0. The van der Waals surface area contributed by atoms with Gasteiger partial charge in [0.15, 0.2) is 0 Å². The van der Waals surface area contributed by atoms with Crippen molar-refractivity contribution in [1.82, 2.24) is 5.32 Å². The highest BCUT2D eigenvalue weighted by molar-refractivity contribution is 7.98. The number of thioether (sulfide) groups is 1. The van der Waals surface area contributed by atoms with Crippen LogP contribution in [0.2, 0.25) is 0 Å². The molecule has 0 fully saturated rings. The molecule has 1 aliphatic heterocycles. The van der Waals surface area contributed by atoms with Crippen molar-refractivity contribution in [1.29, 1.82) is 0 Å². The molecule has 0 saturated heterocycles. The average molecular weight is 179 g/mol. The van der Waals surface area contributed by atoms with Gasteiger partial charge in [-0.1, -0.05) is 12.1 Å². The zero-order valence-electron chi connectivity index (χ0n) is 7.26. The lowest BCUT2D eigenvalue weighted by atomic mass is 10.0. The minimum Gasteiger partial charge on any atom is -0.312 e. The minimum atomic E-state index is 1.05. The van der Waals surface area contributed by atoms with Crippen molar-refractivity contribution in [3.05, 3.63) is 29.3 Å². The van der Waals surface area contributed by atoms with Gasteiger partial charge in [-0.3, -0.25) is 0 Å². The summed E-state index contributed by atoms with van der Waals surface area (Å²) in [4.78, 5) is 1.43. The Balaban J connectivity index is 2.44. The van der Waals surface area contributed by atoms with Crippen LogP contribution in [0.5, 0.6) is 0 Å². The first-order chi connectivity index (χ1) is 5.92. The summed E-state index contributed by atoms with van der Waals surface area (Å²) in [6.45, 7) is 2.18. The SMILES string of the molecule is CSc1cccc2c1CNCC2. The van der Waals surface area contributed by atoms with Gasteiger partial charge < -0.3 is 5.32 Å². The fraction of sp³-hybridized carbons (Fsp3) is 0.400. The summed E-state index contributed by atoms with van der Waals surface area (Å²) >= 11 is 1.84. The number of benzene rings is 1. The highest BCUT2D eigenvalue weighted by atomic mass is 32.2. The molecule has 1 aromatic rings. The van der Waals surface area contributed by atoms with E-state index in [2.05, 4.69) is 29.8 Å². The van der Waals surface area contributed by atoms with E-state index in [-0.39, 0.29) is 0 Å². The van der Waals surface area contributed by atoms with E-state index in [1.54, 1.807) is 0 Å². The molecule has 0 amide bonds. The molecule has 1 heterocycles. The maximum absolute atomic E-state index is 3.40. The number of nitrogens with one attached hydrogen (secondary N) is 1. The van der Waals surface area contributed by atoms with Gasteiger partial charge in [0.05, 0.1) is 0 Å². The van der Waals surface area contributed by atoms with Crippen molar-refractivity contribution in [3.8, 4) is 0 Å². The molecule has 0 aromatic heterocycles. The maximum Gasteiger partial charge on any atom is 0.0219 e. The quantitative estimate of drug-likeness (QED) is 0.662. The van der Waals surface area contributed by atoms with Crippen LogP contribution in [0.25, 0.3) is 0 Å². The standard InChI is InChI=1S/C10H13NS/c1-12-10-4-2-3-8-5-6-11-7-9(8)10/h2-4,11H,5-7H2,1H3. The van der Waals surface area contributed by atoms with Crippen LogP contribution in [0, 0.1) is 0 Å². The Hall–Kier alpha value is -0.470. The van der Waals surface area contributed by atoms with Crippen molar-refractivity contribution in [2.75, 3.05) is 12.8 Å². The zero-order valence-corrected chi connectivity index (χ0v) is 8.08. The van der Waals surface area contributed by atoms with E-state index in [9.17, 15) is 0 Å². The van der Waals surface area contributed by atoms with Gasteiger partial charge in [-0.15, -0.1) is 11.8 Å². The van der Waals surface area contributed by atoms with Crippen LogP contribution < -0.4 is 5.32 Å². The van der Waals surface area contributed by atoms with E-state index in [0.29, 0.717) is 0 Å². The average Bonchev–Trinajstić information content (AvgIpc) is 2.17. The third kappa shape index (κ3) is 1.37. The molecule has 0 unspecified atom stereocenters. The van der Waals surface area contributed by atoms with Crippen LogP contribution in [-0.2, 0) is 13.0 Å². The molecule has 0 saturated carbocycles. The van der Waals surface area contributed by atoms with Crippen molar-refractivity contribution < 1.29 is 0 Å². The Morgan fingerprint density at radius 1 is 1.42 bits per heavy atom. The molecule has 1 aromatic carbocycles. The molecule has 1 aliphatic rings.